The number of benzene rings is 1. The van der Waals surface area contributed by atoms with Crippen LogP contribution in [0.4, 0.5) is 10.5 Å². The molecule has 1 unspecified atom stereocenters. The van der Waals surface area contributed by atoms with Gasteiger partial charge < -0.3 is 19.9 Å². The molecule has 0 spiro atoms. The van der Waals surface area contributed by atoms with Crippen LogP contribution in [0.15, 0.2) is 36.9 Å². The van der Waals surface area contributed by atoms with Crippen LogP contribution in [0.25, 0.3) is 0 Å². The van der Waals surface area contributed by atoms with Gasteiger partial charge in [-0.1, -0.05) is 26.8 Å². The second kappa shape index (κ2) is 6.65. The van der Waals surface area contributed by atoms with Crippen molar-refractivity contribution in [1.29, 1.82) is 0 Å². The van der Waals surface area contributed by atoms with Crippen LogP contribution in [-0.4, -0.2) is 21.6 Å². The number of anilines is 1. The highest BCUT2D eigenvalue weighted by Gasteiger charge is 2.26. The molecule has 2 aromatic rings. The van der Waals surface area contributed by atoms with Crippen molar-refractivity contribution in [2.24, 2.45) is 5.41 Å². The van der Waals surface area contributed by atoms with Crippen LogP contribution in [0.5, 0.6) is 0 Å². The maximum atomic E-state index is 12.4. The predicted octanol–water partition coefficient (Wildman–Crippen LogP) is 3.15. The highest BCUT2D eigenvalue weighted by molar-refractivity contribution is 5.89. The maximum Gasteiger partial charge on any atom is 0.319 e. The van der Waals surface area contributed by atoms with Crippen molar-refractivity contribution in [2.75, 3.05) is 5.32 Å². The minimum absolute atomic E-state index is 0.0236. The van der Waals surface area contributed by atoms with Gasteiger partial charge >= 0.3 is 6.03 Å². The molecule has 0 radical (unpaired) electrons. The first-order chi connectivity index (χ1) is 11.4. The zero-order valence-electron chi connectivity index (χ0n) is 14.4. The largest absolute Gasteiger partial charge is 0.372 e. The molecule has 128 valence electrons. The SMILES string of the molecule is CC(C)(C)C(Cn1ccnc1)NC(=O)Nc1ccc2c(c1)COC2. The van der Waals surface area contributed by atoms with Gasteiger partial charge in [0.05, 0.1) is 25.6 Å². The first-order valence-electron chi connectivity index (χ1n) is 8.14. The molecule has 1 aromatic carbocycles. The monoisotopic (exact) mass is 328 g/mol. The van der Waals surface area contributed by atoms with Crippen molar-refractivity contribution in [2.45, 2.75) is 46.6 Å². The fraction of sp³-hybridized carbons (Fsp3) is 0.444. The normalized spacial score (nSPS) is 15.0. The second-order valence-corrected chi connectivity index (χ2v) is 7.25. The van der Waals surface area contributed by atoms with Gasteiger partial charge in [-0.25, -0.2) is 9.78 Å². The lowest BCUT2D eigenvalue weighted by Crippen LogP contribution is -2.47. The van der Waals surface area contributed by atoms with E-state index in [1.165, 1.54) is 5.56 Å². The second-order valence-electron chi connectivity index (χ2n) is 7.25. The third-order valence-electron chi connectivity index (χ3n) is 4.28. The number of amides is 2. The van der Waals surface area contributed by atoms with E-state index in [-0.39, 0.29) is 17.5 Å². The molecular formula is C18H24N4O2. The number of carbonyl (C=O) groups is 1. The van der Waals surface area contributed by atoms with Gasteiger partial charge in [0.1, 0.15) is 0 Å². The highest BCUT2D eigenvalue weighted by Crippen LogP contribution is 2.24. The Bertz CT molecular complexity index is 704. The summed E-state index contributed by atoms with van der Waals surface area (Å²) in [5, 5.41) is 6.00. The molecule has 0 saturated heterocycles. The summed E-state index contributed by atoms with van der Waals surface area (Å²) in [6.45, 7) is 8.27. The Balaban J connectivity index is 1.65. The summed E-state index contributed by atoms with van der Waals surface area (Å²) in [5.74, 6) is 0. The quantitative estimate of drug-likeness (QED) is 0.906. The van der Waals surface area contributed by atoms with Gasteiger partial charge in [-0.3, -0.25) is 0 Å². The third-order valence-corrected chi connectivity index (χ3v) is 4.28. The molecule has 0 fully saturated rings. The molecule has 1 aliphatic rings. The molecule has 0 aliphatic carbocycles. The van der Waals surface area contributed by atoms with Crippen LogP contribution in [0.2, 0.25) is 0 Å². The fourth-order valence-corrected chi connectivity index (χ4v) is 2.72. The first-order valence-corrected chi connectivity index (χ1v) is 8.14. The molecule has 0 saturated carbocycles. The molecule has 0 bridgehead atoms. The molecule has 1 aliphatic heterocycles. The van der Waals surface area contributed by atoms with E-state index >= 15 is 0 Å². The third kappa shape index (κ3) is 3.94. The summed E-state index contributed by atoms with van der Waals surface area (Å²) in [6.07, 6.45) is 5.41. The van der Waals surface area contributed by atoms with Gasteiger partial charge in [-0.2, -0.15) is 0 Å². The van der Waals surface area contributed by atoms with Crippen molar-refractivity contribution >= 4 is 11.7 Å². The first kappa shape index (κ1) is 16.5. The average Bonchev–Trinajstić information content (AvgIpc) is 3.16. The maximum absolute atomic E-state index is 12.4. The Labute approximate surface area is 142 Å². The van der Waals surface area contributed by atoms with Gasteiger partial charge in [-0.15, -0.1) is 0 Å². The molecule has 24 heavy (non-hydrogen) atoms. The van der Waals surface area contributed by atoms with Crippen LogP contribution in [-0.2, 0) is 24.5 Å². The van der Waals surface area contributed by atoms with Gasteiger partial charge in [0, 0.05) is 24.6 Å². The summed E-state index contributed by atoms with van der Waals surface area (Å²) in [7, 11) is 0. The number of carbonyl (C=O) groups excluding carboxylic acids is 1. The van der Waals surface area contributed by atoms with Crippen molar-refractivity contribution in [3.8, 4) is 0 Å². The molecular weight excluding hydrogens is 304 g/mol. The van der Waals surface area contributed by atoms with Crippen molar-refractivity contribution in [3.63, 3.8) is 0 Å². The van der Waals surface area contributed by atoms with E-state index in [0.29, 0.717) is 19.8 Å². The van der Waals surface area contributed by atoms with E-state index in [2.05, 4.69) is 36.4 Å². The van der Waals surface area contributed by atoms with Crippen molar-refractivity contribution in [1.82, 2.24) is 14.9 Å². The van der Waals surface area contributed by atoms with Crippen molar-refractivity contribution in [3.05, 3.63) is 48.0 Å². The number of hydrogen-bond donors (Lipinski definition) is 2. The van der Waals surface area contributed by atoms with Crippen LogP contribution in [0, 0.1) is 5.41 Å². The number of nitrogens with one attached hydrogen (secondary N) is 2. The number of aromatic nitrogens is 2. The summed E-state index contributed by atoms with van der Waals surface area (Å²) in [5.41, 5.74) is 3.03. The molecule has 2 amide bonds. The number of fused-ring (bicyclic) bond motifs is 1. The lowest BCUT2D eigenvalue weighted by atomic mass is 9.86. The van der Waals surface area contributed by atoms with Crippen LogP contribution < -0.4 is 10.6 Å². The molecule has 3 rings (SSSR count). The van der Waals surface area contributed by atoms with Gasteiger partial charge in [0.2, 0.25) is 0 Å². The minimum Gasteiger partial charge on any atom is -0.372 e. The smallest absolute Gasteiger partial charge is 0.319 e. The molecule has 6 nitrogen and oxygen atoms in total. The van der Waals surface area contributed by atoms with E-state index in [4.69, 9.17) is 4.74 Å². The Hall–Kier alpha value is -2.34. The van der Waals surface area contributed by atoms with Crippen LogP contribution in [0.1, 0.15) is 31.9 Å². The minimum atomic E-state index is -0.200. The van der Waals surface area contributed by atoms with Gasteiger partial charge in [-0.05, 0) is 28.7 Å². The molecule has 1 aromatic heterocycles. The van der Waals surface area contributed by atoms with E-state index in [9.17, 15) is 4.79 Å². The number of rotatable bonds is 4. The van der Waals surface area contributed by atoms with Crippen molar-refractivity contribution < 1.29 is 9.53 Å². The van der Waals surface area contributed by atoms with E-state index in [1.807, 2.05) is 29.0 Å². The fourth-order valence-electron chi connectivity index (χ4n) is 2.72. The number of hydrogen-bond acceptors (Lipinski definition) is 3. The predicted molar refractivity (Wildman–Crippen MR) is 92.6 cm³/mol. The topological polar surface area (TPSA) is 68.2 Å². The number of nitrogens with zero attached hydrogens (tertiary/aromatic N) is 2. The Morgan fingerprint density at radius 1 is 1.33 bits per heavy atom. The average molecular weight is 328 g/mol. The number of urea groups is 1. The summed E-state index contributed by atoms with van der Waals surface area (Å²) in [4.78, 5) is 16.5. The molecule has 2 heterocycles. The molecule has 1 atom stereocenters. The summed E-state index contributed by atoms with van der Waals surface area (Å²) < 4.78 is 7.38. The standard InChI is InChI=1S/C18H24N4O2/c1-18(2,3)16(9-22-7-6-19-12-22)21-17(23)20-15-5-4-13-10-24-11-14(13)8-15/h4-8,12,16H,9-11H2,1-3H3,(H2,20,21,23). The number of ether oxygens (including phenoxy) is 1. The molecule has 2 N–H and O–H groups in total. The zero-order valence-corrected chi connectivity index (χ0v) is 14.4. The van der Waals surface area contributed by atoms with E-state index in [1.54, 1.807) is 12.5 Å². The molecule has 6 heteroatoms. The van der Waals surface area contributed by atoms with E-state index < -0.39 is 0 Å². The van der Waals surface area contributed by atoms with Crippen LogP contribution >= 0.6 is 0 Å². The Morgan fingerprint density at radius 2 is 2.12 bits per heavy atom. The van der Waals surface area contributed by atoms with E-state index in [0.717, 1.165) is 11.3 Å². The summed E-state index contributed by atoms with van der Waals surface area (Å²) in [6, 6.07) is 5.67. The van der Waals surface area contributed by atoms with Gasteiger partial charge in [0.25, 0.3) is 0 Å². The number of imidazole rings is 1. The van der Waals surface area contributed by atoms with Gasteiger partial charge in [0.15, 0.2) is 0 Å². The zero-order chi connectivity index (χ0) is 17.2. The van der Waals surface area contributed by atoms with Crippen LogP contribution in [0.3, 0.4) is 0 Å². The Kier molecular flexibility index (Phi) is 4.57. The Morgan fingerprint density at radius 3 is 2.83 bits per heavy atom. The lowest BCUT2D eigenvalue weighted by Gasteiger charge is -2.31. The highest BCUT2D eigenvalue weighted by atomic mass is 16.5. The lowest BCUT2D eigenvalue weighted by molar-refractivity contribution is 0.134. The summed E-state index contributed by atoms with van der Waals surface area (Å²) >= 11 is 0.